The maximum Gasteiger partial charge on any atom is 0.213 e. The molecular weight excluding hydrogens is 206 g/mol. The Kier molecular flexibility index (Phi) is 2.68. The fraction of sp³-hybridized carbons (Fsp3) is 0.273. The number of hydrogen-bond acceptors (Lipinski definition) is 2. The first-order chi connectivity index (χ1) is 7.15. The predicted molar refractivity (Wildman–Crippen MR) is 62.5 cm³/mol. The van der Waals surface area contributed by atoms with Gasteiger partial charge in [0, 0.05) is 6.42 Å². The van der Waals surface area contributed by atoms with E-state index in [1.807, 2.05) is 0 Å². The van der Waals surface area contributed by atoms with E-state index in [2.05, 4.69) is 47.2 Å². The summed E-state index contributed by atoms with van der Waals surface area (Å²) in [5.74, 6) is 0.883. The largest absolute Gasteiger partial charge is 0.285 e. The lowest BCUT2D eigenvalue weighted by Crippen LogP contribution is -1.94. The van der Waals surface area contributed by atoms with Gasteiger partial charge in [-0.15, -0.1) is 0 Å². The van der Waals surface area contributed by atoms with Crippen molar-refractivity contribution in [3.05, 3.63) is 45.5 Å². The summed E-state index contributed by atoms with van der Waals surface area (Å²) < 4.78 is 0.510. The molecule has 2 aromatic rings. The van der Waals surface area contributed by atoms with Crippen LogP contribution in [0.2, 0.25) is 0 Å². The molecule has 0 amide bonds. The average Bonchev–Trinajstić information content (AvgIpc) is 2.58. The Balaban J connectivity index is 2.31. The molecule has 4 heteroatoms. The summed E-state index contributed by atoms with van der Waals surface area (Å²) in [6.45, 7) is 4.20. The average molecular weight is 219 g/mol. The van der Waals surface area contributed by atoms with E-state index in [1.165, 1.54) is 16.7 Å². The third-order valence-corrected chi connectivity index (χ3v) is 2.61. The van der Waals surface area contributed by atoms with Crippen LogP contribution in [0.3, 0.4) is 0 Å². The Morgan fingerprint density at radius 1 is 1.27 bits per heavy atom. The summed E-state index contributed by atoms with van der Waals surface area (Å²) in [7, 11) is 0. The molecule has 0 saturated carbocycles. The first-order valence-electron chi connectivity index (χ1n) is 4.85. The van der Waals surface area contributed by atoms with Crippen LogP contribution < -0.4 is 0 Å². The molecule has 0 bridgehead atoms. The SMILES string of the molecule is Cc1ccc(C)c(Cc2nc(=S)[nH][nH]2)c1. The van der Waals surface area contributed by atoms with Gasteiger partial charge in [-0.3, -0.25) is 10.2 Å². The van der Waals surface area contributed by atoms with Crippen molar-refractivity contribution in [1.29, 1.82) is 0 Å². The van der Waals surface area contributed by atoms with Gasteiger partial charge in [0.15, 0.2) is 0 Å². The van der Waals surface area contributed by atoms with E-state index in [1.54, 1.807) is 0 Å². The van der Waals surface area contributed by atoms with Crippen LogP contribution >= 0.6 is 12.2 Å². The van der Waals surface area contributed by atoms with Gasteiger partial charge in [-0.05, 0) is 37.2 Å². The van der Waals surface area contributed by atoms with Gasteiger partial charge in [0.05, 0.1) is 0 Å². The smallest absolute Gasteiger partial charge is 0.213 e. The number of aryl methyl sites for hydroxylation is 2. The molecule has 0 atom stereocenters. The van der Waals surface area contributed by atoms with Gasteiger partial charge in [0.25, 0.3) is 0 Å². The lowest BCUT2D eigenvalue weighted by molar-refractivity contribution is 0.964. The van der Waals surface area contributed by atoms with E-state index in [9.17, 15) is 0 Å². The van der Waals surface area contributed by atoms with Crippen molar-refractivity contribution in [1.82, 2.24) is 15.2 Å². The van der Waals surface area contributed by atoms with Gasteiger partial charge in [-0.1, -0.05) is 23.8 Å². The topological polar surface area (TPSA) is 44.5 Å². The number of aromatic nitrogens is 3. The van der Waals surface area contributed by atoms with Gasteiger partial charge in [0.2, 0.25) is 4.77 Å². The molecule has 3 nitrogen and oxygen atoms in total. The van der Waals surface area contributed by atoms with Crippen LogP contribution in [-0.4, -0.2) is 15.2 Å². The highest BCUT2D eigenvalue weighted by atomic mass is 32.1. The molecular formula is C11H13N3S. The lowest BCUT2D eigenvalue weighted by Gasteiger charge is -2.04. The fourth-order valence-corrected chi connectivity index (χ4v) is 1.72. The van der Waals surface area contributed by atoms with Crippen LogP contribution in [0.4, 0.5) is 0 Å². The Morgan fingerprint density at radius 3 is 2.73 bits per heavy atom. The molecule has 0 aliphatic rings. The summed E-state index contributed by atoms with van der Waals surface area (Å²) in [4.78, 5) is 4.18. The highest BCUT2D eigenvalue weighted by Crippen LogP contribution is 2.13. The van der Waals surface area contributed by atoms with E-state index >= 15 is 0 Å². The number of rotatable bonds is 2. The summed E-state index contributed by atoms with van der Waals surface area (Å²) >= 11 is 4.91. The molecule has 0 aliphatic carbocycles. The van der Waals surface area contributed by atoms with E-state index < -0.39 is 0 Å². The van der Waals surface area contributed by atoms with Crippen molar-refractivity contribution in [2.24, 2.45) is 0 Å². The monoisotopic (exact) mass is 219 g/mol. The molecule has 0 radical (unpaired) electrons. The van der Waals surface area contributed by atoms with E-state index in [0.29, 0.717) is 4.77 Å². The Bertz CT molecular complexity index is 525. The minimum absolute atomic E-state index is 0.510. The van der Waals surface area contributed by atoms with Crippen LogP contribution in [0, 0.1) is 18.6 Å². The fourth-order valence-electron chi connectivity index (χ4n) is 1.56. The van der Waals surface area contributed by atoms with Crippen molar-refractivity contribution in [3.8, 4) is 0 Å². The summed E-state index contributed by atoms with van der Waals surface area (Å²) in [6.07, 6.45) is 0.792. The zero-order valence-electron chi connectivity index (χ0n) is 8.79. The number of aromatic amines is 2. The molecule has 2 rings (SSSR count). The third-order valence-electron chi connectivity index (χ3n) is 2.41. The minimum atomic E-state index is 0.510. The standard InChI is InChI=1S/C11H13N3S/c1-7-3-4-8(2)9(5-7)6-10-12-11(15)14-13-10/h3-5H,6H2,1-2H3,(H2,12,13,14,15). The normalized spacial score (nSPS) is 10.5. The molecule has 1 heterocycles. The third kappa shape index (κ3) is 2.33. The maximum absolute atomic E-state index is 4.91. The Morgan fingerprint density at radius 2 is 2.07 bits per heavy atom. The van der Waals surface area contributed by atoms with Crippen LogP contribution in [0.1, 0.15) is 22.5 Å². The van der Waals surface area contributed by atoms with Crippen molar-refractivity contribution in [3.63, 3.8) is 0 Å². The van der Waals surface area contributed by atoms with Crippen molar-refractivity contribution in [2.75, 3.05) is 0 Å². The lowest BCUT2D eigenvalue weighted by atomic mass is 10.0. The number of nitrogens with one attached hydrogen (secondary N) is 2. The van der Waals surface area contributed by atoms with Crippen molar-refractivity contribution >= 4 is 12.2 Å². The second kappa shape index (κ2) is 3.98. The molecule has 1 aromatic heterocycles. The second-order valence-corrected chi connectivity index (χ2v) is 4.11. The highest BCUT2D eigenvalue weighted by Gasteiger charge is 2.02. The van der Waals surface area contributed by atoms with E-state index in [4.69, 9.17) is 12.2 Å². The van der Waals surface area contributed by atoms with Gasteiger partial charge in [-0.2, -0.15) is 0 Å². The molecule has 0 aliphatic heterocycles. The van der Waals surface area contributed by atoms with Crippen LogP contribution in [0.15, 0.2) is 18.2 Å². The molecule has 78 valence electrons. The predicted octanol–water partition coefficient (Wildman–Crippen LogP) is 2.67. The number of H-pyrrole nitrogens is 2. The van der Waals surface area contributed by atoms with E-state index in [-0.39, 0.29) is 0 Å². The summed E-state index contributed by atoms with van der Waals surface area (Å²) in [6, 6.07) is 6.43. The van der Waals surface area contributed by atoms with Gasteiger partial charge < -0.3 is 0 Å². The van der Waals surface area contributed by atoms with E-state index in [0.717, 1.165) is 12.2 Å². The quantitative estimate of drug-likeness (QED) is 0.763. The summed E-state index contributed by atoms with van der Waals surface area (Å²) in [5.41, 5.74) is 3.83. The first kappa shape index (κ1) is 10.1. The van der Waals surface area contributed by atoms with Crippen LogP contribution in [-0.2, 0) is 6.42 Å². The van der Waals surface area contributed by atoms with Gasteiger partial charge in [-0.25, -0.2) is 4.98 Å². The first-order valence-corrected chi connectivity index (χ1v) is 5.25. The van der Waals surface area contributed by atoms with Gasteiger partial charge in [0.1, 0.15) is 5.82 Å². The molecule has 0 unspecified atom stereocenters. The van der Waals surface area contributed by atoms with Crippen LogP contribution in [0.5, 0.6) is 0 Å². The minimum Gasteiger partial charge on any atom is -0.285 e. The highest BCUT2D eigenvalue weighted by molar-refractivity contribution is 7.71. The molecule has 1 aromatic carbocycles. The number of nitrogens with zero attached hydrogens (tertiary/aromatic N) is 1. The Hall–Kier alpha value is -1.42. The zero-order chi connectivity index (χ0) is 10.8. The van der Waals surface area contributed by atoms with Crippen molar-refractivity contribution < 1.29 is 0 Å². The molecule has 0 saturated heterocycles. The zero-order valence-corrected chi connectivity index (χ0v) is 9.61. The number of hydrogen-bond donors (Lipinski definition) is 2. The molecule has 0 fully saturated rings. The second-order valence-electron chi connectivity index (χ2n) is 3.72. The molecule has 0 spiro atoms. The maximum atomic E-state index is 4.91. The molecule has 2 N–H and O–H groups in total. The van der Waals surface area contributed by atoms with Gasteiger partial charge >= 0.3 is 0 Å². The van der Waals surface area contributed by atoms with Crippen LogP contribution in [0.25, 0.3) is 0 Å². The number of benzene rings is 1. The van der Waals surface area contributed by atoms with Crippen molar-refractivity contribution in [2.45, 2.75) is 20.3 Å². The molecule has 15 heavy (non-hydrogen) atoms. The Labute approximate surface area is 93.6 Å². The summed E-state index contributed by atoms with van der Waals surface area (Å²) in [5, 5.41) is 5.76.